The Bertz CT molecular complexity index is 2010. The molecule has 0 aliphatic carbocycles. The summed E-state index contributed by atoms with van der Waals surface area (Å²) in [6.45, 7) is 21.3. The highest BCUT2D eigenvalue weighted by Gasteiger charge is 2.23. The van der Waals surface area contributed by atoms with Crippen LogP contribution >= 0.6 is 0 Å². The summed E-state index contributed by atoms with van der Waals surface area (Å²) in [7, 11) is 0. The highest BCUT2D eigenvalue weighted by Crippen LogP contribution is 2.42. The third-order valence-electron chi connectivity index (χ3n) is 9.93. The molecule has 9 nitrogen and oxygen atoms in total. The zero-order chi connectivity index (χ0) is 35.4. The van der Waals surface area contributed by atoms with Crippen LogP contribution in [-0.4, -0.2) is 54.3 Å². The quantitative estimate of drug-likeness (QED) is 0.0968. The number of nitrogens with zero attached hydrogens (tertiary/aromatic N) is 4. The van der Waals surface area contributed by atoms with Crippen LogP contribution in [-0.2, 0) is 24.5 Å². The van der Waals surface area contributed by atoms with Crippen LogP contribution in [0.2, 0.25) is 0 Å². The monoisotopic (exact) mass is 673 g/mol. The summed E-state index contributed by atoms with van der Waals surface area (Å²) in [5.41, 5.74) is 8.34. The number of ether oxygens (including phenoxy) is 1. The number of aromatic amines is 2. The first-order chi connectivity index (χ1) is 24.3. The summed E-state index contributed by atoms with van der Waals surface area (Å²) in [6, 6.07) is 15.4. The number of fused-ring (bicyclic) bond motifs is 6. The number of amides is 1. The number of nitrogens with one attached hydrogen (secondary N) is 3. The summed E-state index contributed by atoms with van der Waals surface area (Å²) in [6.07, 6.45) is 7.88. The van der Waals surface area contributed by atoms with E-state index in [-0.39, 0.29) is 18.0 Å². The van der Waals surface area contributed by atoms with E-state index < -0.39 is 0 Å². The first-order valence-electron chi connectivity index (χ1n) is 18.1. The minimum atomic E-state index is 0.143. The van der Waals surface area contributed by atoms with Gasteiger partial charge in [-0.15, -0.1) is 0 Å². The summed E-state index contributed by atoms with van der Waals surface area (Å²) >= 11 is 0. The zero-order valence-electron chi connectivity index (χ0n) is 30.2. The van der Waals surface area contributed by atoms with Gasteiger partial charge in [-0.3, -0.25) is 4.79 Å². The Hall–Kier alpha value is -5.05. The Morgan fingerprint density at radius 3 is 2.60 bits per heavy atom. The van der Waals surface area contributed by atoms with Crippen LogP contribution < -0.4 is 10.1 Å². The van der Waals surface area contributed by atoms with Gasteiger partial charge in [-0.05, 0) is 85.1 Å². The lowest BCUT2D eigenvalue weighted by atomic mass is 9.92. The van der Waals surface area contributed by atoms with Gasteiger partial charge in [-0.1, -0.05) is 59.1 Å². The van der Waals surface area contributed by atoms with Gasteiger partial charge < -0.3 is 29.8 Å². The molecule has 1 amide bonds. The zero-order valence-corrected chi connectivity index (χ0v) is 30.2. The number of carbonyl (C=O) groups excluding carboxylic acids is 1. The Balaban J connectivity index is 1.24. The Kier molecular flexibility index (Phi) is 10.6. The van der Waals surface area contributed by atoms with Crippen LogP contribution in [0.15, 0.2) is 73.7 Å². The fourth-order valence-electron chi connectivity index (χ4n) is 6.99. The topological polar surface area (TPSA) is 102 Å². The van der Waals surface area contributed by atoms with Gasteiger partial charge in [-0.25, -0.2) is 9.97 Å². The Morgan fingerprint density at radius 1 is 1.02 bits per heavy atom. The molecule has 0 saturated carbocycles. The van der Waals surface area contributed by atoms with Crippen molar-refractivity contribution in [2.24, 2.45) is 0 Å². The molecule has 0 saturated heterocycles. The highest BCUT2D eigenvalue weighted by atomic mass is 16.5. The van der Waals surface area contributed by atoms with Crippen molar-refractivity contribution in [1.29, 1.82) is 0 Å². The van der Waals surface area contributed by atoms with Crippen molar-refractivity contribution in [2.75, 3.05) is 6.54 Å². The average Bonchev–Trinajstić information content (AvgIpc) is 3.78. The number of imidazole rings is 2. The molecule has 6 rings (SSSR count). The van der Waals surface area contributed by atoms with Crippen LogP contribution in [0.4, 0.5) is 0 Å². The molecule has 3 aromatic carbocycles. The van der Waals surface area contributed by atoms with Gasteiger partial charge in [0.15, 0.2) is 0 Å². The second-order valence-electron chi connectivity index (χ2n) is 13.4. The lowest BCUT2D eigenvalue weighted by molar-refractivity contribution is -0.134. The van der Waals surface area contributed by atoms with Crippen molar-refractivity contribution < 1.29 is 9.53 Å². The summed E-state index contributed by atoms with van der Waals surface area (Å²) in [4.78, 5) is 34.0. The van der Waals surface area contributed by atoms with Crippen LogP contribution in [0, 0.1) is 0 Å². The number of benzene rings is 3. The van der Waals surface area contributed by atoms with E-state index in [0.717, 1.165) is 99.5 Å². The lowest BCUT2D eigenvalue weighted by Crippen LogP contribution is -2.37. The molecule has 50 heavy (non-hydrogen) atoms. The molecule has 0 spiro atoms. The van der Waals surface area contributed by atoms with Gasteiger partial charge in [0, 0.05) is 35.7 Å². The first-order valence-corrected chi connectivity index (χ1v) is 18.1. The molecule has 3 heterocycles. The molecule has 1 aliphatic rings. The first kappa shape index (κ1) is 34.8. The molecule has 0 bridgehead atoms. The van der Waals surface area contributed by atoms with Gasteiger partial charge in [0.1, 0.15) is 24.0 Å². The number of carbonyl (C=O) groups is 1. The number of H-pyrrole nitrogens is 2. The van der Waals surface area contributed by atoms with E-state index in [1.54, 1.807) is 6.20 Å². The van der Waals surface area contributed by atoms with Gasteiger partial charge in [0.25, 0.3) is 0 Å². The molecule has 5 aromatic rings. The number of aromatic nitrogens is 4. The highest BCUT2D eigenvalue weighted by molar-refractivity contribution is 6.07. The summed E-state index contributed by atoms with van der Waals surface area (Å²) in [5.74, 6) is 2.73. The number of rotatable bonds is 16. The summed E-state index contributed by atoms with van der Waals surface area (Å²) in [5, 5.41) is 5.46. The molecule has 262 valence electrons. The van der Waals surface area contributed by atoms with E-state index in [1.807, 2.05) is 18.0 Å². The molecule has 3 N–H and O–H groups in total. The molecule has 0 fully saturated rings. The van der Waals surface area contributed by atoms with Crippen LogP contribution in [0.3, 0.4) is 0 Å². The molecule has 9 heteroatoms. The van der Waals surface area contributed by atoms with E-state index in [0.29, 0.717) is 26.1 Å². The predicted octanol–water partition coefficient (Wildman–Crippen LogP) is 8.83. The molecular formula is C41H51N7O2. The van der Waals surface area contributed by atoms with E-state index in [9.17, 15) is 4.79 Å². The van der Waals surface area contributed by atoms with Crippen LogP contribution in [0.1, 0.15) is 83.9 Å². The van der Waals surface area contributed by atoms with E-state index in [4.69, 9.17) is 14.7 Å². The van der Waals surface area contributed by atoms with Gasteiger partial charge >= 0.3 is 0 Å². The minimum Gasteiger partial charge on any atom is -0.488 e. The van der Waals surface area contributed by atoms with Crippen molar-refractivity contribution >= 4 is 27.7 Å². The molecule has 0 radical (unpaired) electrons. The van der Waals surface area contributed by atoms with E-state index in [2.05, 4.69) is 104 Å². The smallest absolute Gasteiger partial charge is 0.223 e. The maximum Gasteiger partial charge on any atom is 0.223 e. The van der Waals surface area contributed by atoms with Gasteiger partial charge in [-0.2, -0.15) is 0 Å². The van der Waals surface area contributed by atoms with E-state index in [1.165, 1.54) is 5.56 Å². The fourth-order valence-corrected chi connectivity index (χ4v) is 6.99. The summed E-state index contributed by atoms with van der Waals surface area (Å²) < 4.78 is 6.39. The fraction of sp³-hybridized carbons (Fsp3) is 0.390. The van der Waals surface area contributed by atoms with Gasteiger partial charge in [0.05, 0.1) is 42.1 Å². The van der Waals surface area contributed by atoms with Crippen molar-refractivity contribution in [2.45, 2.75) is 98.5 Å². The third-order valence-corrected chi connectivity index (χ3v) is 9.93. The molecule has 2 aromatic heterocycles. The molecular weight excluding hydrogens is 622 g/mol. The minimum absolute atomic E-state index is 0.143. The van der Waals surface area contributed by atoms with Gasteiger partial charge in [0.2, 0.25) is 5.91 Å². The number of hydrogen-bond donors (Lipinski definition) is 3. The Labute approximate surface area is 295 Å². The van der Waals surface area contributed by atoms with Crippen molar-refractivity contribution in [3.05, 3.63) is 90.9 Å². The molecule has 0 unspecified atom stereocenters. The second kappa shape index (κ2) is 15.2. The standard InChI is InChI=1S/C41H51N7O2/c1-8-13-40(49)48(26(6)10-3)24-39-44-35-17-15-28-20-33-31-16-14-29(19-30(31)25-50-37(33)21-32(28)41(35)46-39)36-22-43-38(45-36)23-47(18-9-2)27(7)34(11-4)42-12-5/h12,14-17,19-22,26,34,42H,5,7-11,13,18,23-25H2,1-4,6H3,(H,43,45)(H,44,46)/t26-,34-/m0/s1. The average molecular weight is 674 g/mol. The molecule has 1 aliphatic heterocycles. The largest absolute Gasteiger partial charge is 0.488 e. The van der Waals surface area contributed by atoms with Crippen molar-refractivity contribution in [1.82, 2.24) is 35.1 Å². The Morgan fingerprint density at radius 2 is 1.86 bits per heavy atom. The van der Waals surface area contributed by atoms with Crippen molar-refractivity contribution in [3.8, 4) is 28.1 Å². The van der Waals surface area contributed by atoms with Crippen LogP contribution in [0.5, 0.6) is 5.75 Å². The van der Waals surface area contributed by atoms with Crippen LogP contribution in [0.25, 0.3) is 44.2 Å². The molecule has 2 atom stereocenters. The maximum atomic E-state index is 12.9. The normalized spacial score (nSPS) is 13.3. The lowest BCUT2D eigenvalue weighted by Gasteiger charge is -2.30. The van der Waals surface area contributed by atoms with E-state index >= 15 is 0 Å². The maximum absolute atomic E-state index is 12.9. The number of hydrogen-bond acceptors (Lipinski definition) is 6. The third kappa shape index (κ3) is 6.99. The predicted molar refractivity (Wildman–Crippen MR) is 203 cm³/mol. The second-order valence-corrected chi connectivity index (χ2v) is 13.4. The SMILES string of the molecule is C=CN[C@@H](CC)C(=C)N(CCC)Cc1ncc(-c2ccc3c(c2)COc2cc4c(ccc5[nH]c(CN(C(=O)CCC)[C@@H](C)CC)nc54)cc2-3)[nH]1. The van der Waals surface area contributed by atoms with Crippen molar-refractivity contribution in [3.63, 3.8) is 0 Å².